The fraction of sp³-hybridized carbons (Fsp3) is 0.222. The molecule has 23 heavy (non-hydrogen) atoms. The Morgan fingerprint density at radius 2 is 1.70 bits per heavy atom. The van der Waals surface area contributed by atoms with Crippen LogP contribution in [0.5, 0.6) is 0 Å². The van der Waals surface area contributed by atoms with Gasteiger partial charge >= 0.3 is 0 Å². The Hall–Kier alpha value is -2.33. The van der Waals surface area contributed by atoms with E-state index in [4.69, 9.17) is 11.6 Å². The summed E-state index contributed by atoms with van der Waals surface area (Å²) in [6.45, 7) is 1.96. The highest BCUT2D eigenvalue weighted by Crippen LogP contribution is 2.40. The Balaban J connectivity index is 1.57. The summed E-state index contributed by atoms with van der Waals surface area (Å²) >= 11 is 6.02. The molecule has 0 radical (unpaired) electrons. The number of nitrogens with one attached hydrogen (secondary N) is 2. The maximum Gasteiger partial charge on any atom is 0.228 e. The summed E-state index contributed by atoms with van der Waals surface area (Å²) in [6, 6.07) is 14.7. The number of carbonyl (C=O) groups excluding carboxylic acids is 2. The van der Waals surface area contributed by atoms with Crippen LogP contribution in [0.4, 0.5) is 11.4 Å². The first-order chi connectivity index (χ1) is 11.0. The van der Waals surface area contributed by atoms with Gasteiger partial charge in [0.15, 0.2) is 0 Å². The van der Waals surface area contributed by atoms with Crippen molar-refractivity contribution in [2.45, 2.75) is 13.3 Å². The zero-order valence-electron chi connectivity index (χ0n) is 12.7. The lowest BCUT2D eigenvalue weighted by atomic mass is 10.2. The molecule has 0 aliphatic heterocycles. The van der Waals surface area contributed by atoms with Crippen molar-refractivity contribution in [1.82, 2.24) is 0 Å². The molecule has 2 aromatic carbocycles. The predicted molar refractivity (Wildman–Crippen MR) is 91.5 cm³/mol. The zero-order chi connectivity index (χ0) is 16.4. The molecule has 1 fully saturated rings. The number of hydrogen-bond acceptors (Lipinski definition) is 2. The topological polar surface area (TPSA) is 58.2 Å². The van der Waals surface area contributed by atoms with E-state index in [1.807, 2.05) is 31.2 Å². The summed E-state index contributed by atoms with van der Waals surface area (Å²) in [5, 5.41) is 6.13. The van der Waals surface area contributed by atoms with Crippen LogP contribution in [0.2, 0.25) is 5.02 Å². The first-order valence-corrected chi connectivity index (χ1v) is 7.85. The normalized spacial score (nSPS) is 19.0. The number of para-hydroxylation sites is 1. The minimum Gasteiger partial charge on any atom is -0.326 e. The second-order valence-corrected chi connectivity index (χ2v) is 6.18. The van der Waals surface area contributed by atoms with E-state index in [0.29, 0.717) is 17.1 Å². The van der Waals surface area contributed by atoms with Gasteiger partial charge in [-0.2, -0.15) is 0 Å². The van der Waals surface area contributed by atoms with Crippen LogP contribution in [0.15, 0.2) is 48.5 Å². The van der Waals surface area contributed by atoms with E-state index in [1.54, 1.807) is 24.3 Å². The molecule has 2 atom stereocenters. The molecular formula is C18H17ClN2O2. The van der Waals surface area contributed by atoms with Crippen molar-refractivity contribution in [3.63, 3.8) is 0 Å². The summed E-state index contributed by atoms with van der Waals surface area (Å²) in [6.07, 6.45) is 0.563. The minimum atomic E-state index is -0.295. The van der Waals surface area contributed by atoms with Crippen LogP contribution in [-0.2, 0) is 9.59 Å². The van der Waals surface area contributed by atoms with Gasteiger partial charge in [0.2, 0.25) is 11.8 Å². The van der Waals surface area contributed by atoms with Gasteiger partial charge in [0.1, 0.15) is 0 Å². The highest BCUT2D eigenvalue weighted by molar-refractivity contribution is 6.33. The third-order valence-electron chi connectivity index (χ3n) is 3.88. The molecule has 2 amide bonds. The molecule has 2 unspecified atom stereocenters. The summed E-state index contributed by atoms with van der Waals surface area (Å²) in [7, 11) is 0. The van der Waals surface area contributed by atoms with Gasteiger partial charge in [-0.1, -0.05) is 35.9 Å². The average molecular weight is 329 g/mol. The van der Waals surface area contributed by atoms with Crippen molar-refractivity contribution >= 4 is 34.8 Å². The number of anilines is 2. The van der Waals surface area contributed by atoms with Crippen LogP contribution < -0.4 is 10.6 Å². The molecule has 118 valence electrons. The number of benzene rings is 2. The fourth-order valence-electron chi connectivity index (χ4n) is 2.52. The molecule has 1 aliphatic carbocycles. The number of hydrogen-bond donors (Lipinski definition) is 2. The molecular weight excluding hydrogens is 312 g/mol. The van der Waals surface area contributed by atoms with E-state index in [0.717, 1.165) is 11.3 Å². The van der Waals surface area contributed by atoms with E-state index in [-0.39, 0.29) is 23.7 Å². The molecule has 5 heteroatoms. The summed E-state index contributed by atoms with van der Waals surface area (Å²) in [5.41, 5.74) is 2.41. The van der Waals surface area contributed by atoms with Crippen molar-refractivity contribution in [2.75, 3.05) is 10.6 Å². The highest BCUT2D eigenvalue weighted by atomic mass is 35.5. The molecule has 4 nitrogen and oxygen atoms in total. The highest BCUT2D eigenvalue weighted by Gasteiger charge is 2.48. The Morgan fingerprint density at radius 1 is 1.00 bits per heavy atom. The fourth-order valence-corrected chi connectivity index (χ4v) is 2.70. The van der Waals surface area contributed by atoms with Crippen molar-refractivity contribution in [1.29, 1.82) is 0 Å². The predicted octanol–water partition coefficient (Wildman–Crippen LogP) is 3.86. The maximum absolute atomic E-state index is 12.2. The summed E-state index contributed by atoms with van der Waals surface area (Å²) < 4.78 is 0. The van der Waals surface area contributed by atoms with Crippen LogP contribution in [-0.4, -0.2) is 11.8 Å². The van der Waals surface area contributed by atoms with Gasteiger partial charge in [0, 0.05) is 5.69 Å². The second kappa shape index (κ2) is 6.42. The van der Waals surface area contributed by atoms with Gasteiger partial charge in [0.05, 0.1) is 22.5 Å². The Labute approximate surface area is 139 Å². The Kier molecular flexibility index (Phi) is 4.35. The molecule has 0 heterocycles. The van der Waals surface area contributed by atoms with Gasteiger partial charge in [-0.05, 0) is 43.2 Å². The van der Waals surface area contributed by atoms with Crippen molar-refractivity contribution < 1.29 is 9.59 Å². The van der Waals surface area contributed by atoms with Gasteiger partial charge in [-0.3, -0.25) is 9.59 Å². The van der Waals surface area contributed by atoms with E-state index < -0.39 is 0 Å². The first kappa shape index (κ1) is 15.6. The third kappa shape index (κ3) is 3.71. The standard InChI is InChI=1S/C18H17ClN2O2/c1-11-5-4-6-12(9-11)20-17(22)13-10-14(13)18(23)21-16-8-3-2-7-15(16)19/h2-9,13-14H,10H2,1H3,(H,20,22)(H,21,23). The molecule has 0 saturated heterocycles. The molecule has 1 saturated carbocycles. The third-order valence-corrected chi connectivity index (χ3v) is 4.21. The van der Waals surface area contributed by atoms with Crippen LogP contribution in [0.25, 0.3) is 0 Å². The monoisotopic (exact) mass is 328 g/mol. The first-order valence-electron chi connectivity index (χ1n) is 7.47. The number of rotatable bonds is 4. The second-order valence-electron chi connectivity index (χ2n) is 5.78. The van der Waals surface area contributed by atoms with Gasteiger partial charge in [0.25, 0.3) is 0 Å². The maximum atomic E-state index is 12.2. The molecule has 0 bridgehead atoms. The SMILES string of the molecule is Cc1cccc(NC(=O)C2CC2C(=O)Nc2ccccc2Cl)c1. The van der Waals surface area contributed by atoms with Gasteiger partial charge in [-0.25, -0.2) is 0 Å². The average Bonchev–Trinajstić information content (AvgIpc) is 3.30. The van der Waals surface area contributed by atoms with E-state index >= 15 is 0 Å². The van der Waals surface area contributed by atoms with Crippen molar-refractivity contribution in [2.24, 2.45) is 11.8 Å². The lowest BCUT2D eigenvalue weighted by Gasteiger charge is -2.07. The molecule has 0 aromatic heterocycles. The van der Waals surface area contributed by atoms with E-state index in [2.05, 4.69) is 10.6 Å². The number of aryl methyl sites for hydroxylation is 1. The number of halogens is 1. The quantitative estimate of drug-likeness (QED) is 0.895. The lowest BCUT2D eigenvalue weighted by molar-refractivity contribution is -0.122. The molecule has 3 rings (SSSR count). The van der Waals surface area contributed by atoms with Gasteiger partial charge < -0.3 is 10.6 Å². The Bertz CT molecular complexity index is 760. The van der Waals surface area contributed by atoms with Crippen molar-refractivity contribution in [3.8, 4) is 0 Å². The van der Waals surface area contributed by atoms with Crippen LogP contribution in [0.3, 0.4) is 0 Å². The summed E-state index contributed by atoms with van der Waals surface area (Å²) in [4.78, 5) is 24.4. The largest absolute Gasteiger partial charge is 0.326 e. The van der Waals surface area contributed by atoms with Gasteiger partial charge in [-0.15, -0.1) is 0 Å². The van der Waals surface area contributed by atoms with Crippen LogP contribution in [0, 0.1) is 18.8 Å². The summed E-state index contributed by atoms with van der Waals surface area (Å²) in [5.74, 6) is -0.855. The van der Waals surface area contributed by atoms with Crippen LogP contribution in [0.1, 0.15) is 12.0 Å². The number of carbonyl (C=O) groups is 2. The lowest BCUT2D eigenvalue weighted by Crippen LogP contribution is -2.20. The molecule has 0 spiro atoms. The molecule has 1 aliphatic rings. The smallest absolute Gasteiger partial charge is 0.228 e. The van der Waals surface area contributed by atoms with E-state index in [9.17, 15) is 9.59 Å². The minimum absolute atomic E-state index is 0.116. The van der Waals surface area contributed by atoms with Crippen molar-refractivity contribution in [3.05, 3.63) is 59.1 Å². The molecule has 2 N–H and O–H groups in total. The Morgan fingerprint density at radius 3 is 2.39 bits per heavy atom. The van der Waals surface area contributed by atoms with Crippen LogP contribution >= 0.6 is 11.6 Å². The number of amides is 2. The van der Waals surface area contributed by atoms with E-state index in [1.165, 1.54) is 0 Å². The zero-order valence-corrected chi connectivity index (χ0v) is 13.4. The molecule has 2 aromatic rings.